The number of rotatable bonds is 24. The Hall–Kier alpha value is -6.36. The minimum absolute atomic E-state index is 0.165. The van der Waals surface area contributed by atoms with E-state index >= 15 is 0 Å². The third kappa shape index (κ3) is 29.6. The summed E-state index contributed by atoms with van der Waals surface area (Å²) in [6, 6.07) is -29.7. The molecular formula is C96H150N6O12. The summed E-state index contributed by atoms with van der Waals surface area (Å²) in [7, 11) is 6.27. The number of hydrogen-bond donors (Lipinski definition) is 12. The number of aliphatic hydroxyl groups is 6. The second-order valence-corrected chi connectivity index (χ2v) is 23.8. The van der Waals surface area contributed by atoms with Gasteiger partial charge in [-0.15, -0.1) is 0 Å². The second kappa shape index (κ2) is 45.5. The van der Waals surface area contributed by atoms with Crippen molar-refractivity contribution in [2.24, 2.45) is 0 Å². The van der Waals surface area contributed by atoms with Crippen molar-refractivity contribution >= 4 is 0 Å². The van der Waals surface area contributed by atoms with E-state index in [2.05, 4.69) is 0 Å². The van der Waals surface area contributed by atoms with Crippen LogP contribution >= 0.6 is 0 Å². The Balaban J connectivity index is 0.000000352. The number of hydrogen-bond acceptors (Lipinski definition) is 18. The maximum Gasteiger partial charge on any atom is 0.115 e. The highest BCUT2D eigenvalue weighted by molar-refractivity contribution is 5.36. The van der Waals surface area contributed by atoms with Gasteiger partial charge in [0.2, 0.25) is 0 Å². The molecule has 0 spiro atoms. The lowest BCUT2D eigenvalue weighted by molar-refractivity contribution is -0.0280. The molecule has 0 aromatic heterocycles. The van der Waals surface area contributed by atoms with Crippen molar-refractivity contribution < 1.29 is 209 Å². The van der Waals surface area contributed by atoms with Gasteiger partial charge in [-0.2, -0.15) is 0 Å². The Morgan fingerprint density at radius 2 is 0.412 bits per heavy atom. The third-order valence-electron chi connectivity index (χ3n) is 14.6. The molecule has 0 radical (unpaired) electrons. The van der Waals surface area contributed by atoms with Crippen LogP contribution in [0.2, 0.25) is 0 Å². The predicted molar refractivity (Wildman–Crippen MR) is 465 cm³/mol. The van der Waals surface area contributed by atoms with Gasteiger partial charge in [0.05, 0.1) is 66.5 Å². The van der Waals surface area contributed by atoms with Gasteiger partial charge >= 0.3 is 0 Å². The van der Waals surface area contributed by atoms with Crippen LogP contribution in [-0.2, 0) is 0 Å². The van der Waals surface area contributed by atoms with E-state index in [1.165, 1.54) is 19.0 Å². The van der Waals surface area contributed by atoms with E-state index in [1.54, 1.807) is 0 Å². The van der Waals surface area contributed by atoms with Crippen LogP contribution in [-0.4, -0.2) is 248 Å². The lowest BCUT2D eigenvalue weighted by Crippen LogP contribution is -2.42. The monoisotopic (exact) mass is 1690 g/mol. The van der Waals surface area contributed by atoms with Gasteiger partial charge in [0.25, 0.3) is 0 Å². The van der Waals surface area contributed by atoms with Crippen molar-refractivity contribution in [2.75, 3.05) is 123 Å². The molecule has 0 aliphatic heterocycles. The predicted octanol–water partition coefficient (Wildman–Crippen LogP) is 16.4. The lowest BCUT2D eigenvalue weighted by Gasteiger charge is -2.40. The van der Waals surface area contributed by atoms with Crippen LogP contribution < -0.4 is 0 Å². The van der Waals surface area contributed by atoms with Crippen molar-refractivity contribution in [3.63, 3.8) is 0 Å². The van der Waals surface area contributed by atoms with E-state index in [1.807, 2.05) is 0 Å². The molecule has 6 aliphatic carbocycles. The van der Waals surface area contributed by atoms with Gasteiger partial charge in [0.1, 0.15) is 34.5 Å². The van der Waals surface area contributed by atoms with Crippen LogP contribution in [0.5, 0.6) is 34.5 Å². The van der Waals surface area contributed by atoms with Crippen LogP contribution in [0.4, 0.5) is 0 Å². The molecule has 0 saturated heterocycles. The number of aromatic hydroxyl groups is 6. The molecular weight excluding hydrogens is 1430 g/mol. The molecule has 18 nitrogen and oxygen atoms in total. The van der Waals surface area contributed by atoms with Gasteiger partial charge < -0.3 is 90.7 Å². The number of phenols is 6. The highest BCUT2D eigenvalue weighted by Gasteiger charge is 2.45. The Bertz CT molecular complexity index is 8790. The maximum absolute atomic E-state index is 12.0. The summed E-state index contributed by atoms with van der Waals surface area (Å²) in [4.78, 5) is 0.825. The Labute approximate surface area is 837 Å². The first kappa shape index (κ1) is 24.9. The first-order chi connectivity index (χ1) is 96.4. The van der Waals surface area contributed by atoms with Crippen molar-refractivity contribution in [2.45, 2.75) is 260 Å². The van der Waals surface area contributed by atoms with Gasteiger partial charge in [-0.05, 0) is 267 Å². The third-order valence-corrected chi connectivity index (χ3v) is 14.6. The zero-order valence-corrected chi connectivity index (χ0v) is 60.1. The molecule has 18 heteroatoms. The Morgan fingerprint density at radius 3 is 0.605 bits per heavy atom. The van der Waals surface area contributed by atoms with Crippen molar-refractivity contribution in [1.29, 1.82) is 0 Å². The molecule has 12 N–H and O–H groups in total. The van der Waals surface area contributed by atoms with Crippen molar-refractivity contribution in [3.8, 4) is 34.5 Å². The second-order valence-electron chi connectivity index (χ2n) is 23.8. The summed E-state index contributed by atoms with van der Waals surface area (Å²) < 4.78 is 874. The zero-order valence-electron chi connectivity index (χ0n) is 168. The fourth-order valence-corrected chi connectivity index (χ4v) is 9.50. The largest absolute Gasteiger partial charge is 0.508 e. The number of phenolic OH excluding ortho intramolecular Hbond substituents is 6. The molecule has 12 rings (SSSR count). The number of nitrogens with zero attached hydrogens (tertiary/aromatic N) is 6. The SMILES string of the molecule is [2H]c1c([2H])c(C(C([2H])([2H])N(C([2H])([2H])[2H])C([2H])([2H])[2H])C2(O)C([2H])([2H])C([2H])([2H])C([2H])([2H])C([2H])([2H])C2([2H])[2H])c([2H])c([2H])c1O.[2H]c1c([2H])c(C(C([2H])([2H])N(C)C([2H])([2H])[2H])C2(O)C([2H])([2H])C([2H])([2H])C([2H])([2H])C([2H])([2H])C2([2H])[2H])c([2H])c([2H])c1O.[2H]c1c([2H])c(C(C([2H])([2H])N(C)C)C2(O)C([2H])([2H])C([2H])([2H])C([2H])([2H])C([2H])([2H])C2([2H])[2H])c([2H])c([2H])c1O.[2H]c1c([2H])c(C(CN(C([2H])([2H])[2H])C([2H])([2H])[2H])C2(O)C([2H])([2H])C([2H])([2H])C([2H])([2H])C([2H])([2H])C2([2H])[2H])c([2H])c([2H])c1O.[2H]c1c([2H])c(C(CN(C)C([2H])([2H])[2H])C2(O)C([2H])([2H])C([2H])([2H])C([2H])([2H])C([2H])([2H])C2([2H])[2H])c([2H])c([2H])c1O.[2H]c1c([2H])c(C(CN(C)C)C2(O)C([2H])([2H])C([2H])([2H])C([2H])([2H])C([2H])([2H])C2([2H])[2H])c([2H])c([2H])c1O. The molecule has 6 atom stereocenters. The van der Waals surface area contributed by atoms with E-state index in [4.69, 9.17) is 148 Å². The average molecular weight is 1690 g/mol. The normalized spacial score (nSPS) is 48.6. The smallest absolute Gasteiger partial charge is 0.115 e. The minimum atomic E-state index is -4.75. The number of likely N-dealkylation sites (N-methyl/N-ethyl adjacent to an activating group) is 6. The average Bonchev–Trinajstić information content (AvgIpc) is 0.644. The molecule has 6 aromatic carbocycles. The highest BCUT2D eigenvalue weighted by Crippen LogP contribution is 2.47. The van der Waals surface area contributed by atoms with E-state index in [0.29, 0.717) is 16.8 Å². The first-order valence-corrected chi connectivity index (χ1v) is 31.9. The Morgan fingerprint density at radius 1 is 0.246 bits per heavy atom. The molecule has 6 aromatic rings. The van der Waals surface area contributed by atoms with Crippen LogP contribution in [0.15, 0.2) is 145 Å². The van der Waals surface area contributed by atoms with Gasteiger partial charge in [-0.3, -0.25) is 0 Å². The van der Waals surface area contributed by atoms with E-state index < -0.39 is 559 Å². The maximum atomic E-state index is 12.0. The van der Waals surface area contributed by atoms with Gasteiger partial charge in [0.15, 0.2) is 0 Å². The minimum Gasteiger partial charge on any atom is -0.508 e. The molecule has 636 valence electrons. The fourth-order valence-electron chi connectivity index (χ4n) is 9.50. The quantitative estimate of drug-likeness (QED) is 0.0269. The Kier molecular flexibility index (Phi) is 9.96. The summed E-state index contributed by atoms with van der Waals surface area (Å²) in [6.45, 7) is -37.0. The fraction of sp³-hybridized carbons (Fsp3) is 0.625. The summed E-state index contributed by atoms with van der Waals surface area (Å²) in [5.41, 5.74) is -32.8. The highest BCUT2D eigenvalue weighted by atomic mass is 16.3. The molecule has 0 heterocycles. The van der Waals surface area contributed by atoms with Gasteiger partial charge in [0, 0.05) is 190 Å². The molecule has 0 amide bonds. The summed E-state index contributed by atoms with van der Waals surface area (Å²) in [5.74, 6) is -24.8. The van der Waals surface area contributed by atoms with Crippen LogP contribution in [0, 0.1) is 0 Å². The van der Waals surface area contributed by atoms with Crippen molar-refractivity contribution in [3.05, 3.63) is 178 Å². The van der Waals surface area contributed by atoms with Gasteiger partial charge in [-0.1, -0.05) is 187 Å². The molecule has 6 unspecified atom stereocenters. The zero-order chi connectivity index (χ0) is 178. The molecule has 0 bridgehead atoms. The summed E-state index contributed by atoms with van der Waals surface area (Å²) in [5, 5.41) is 131. The van der Waals surface area contributed by atoms with Crippen LogP contribution in [0.3, 0.4) is 0 Å². The summed E-state index contributed by atoms with van der Waals surface area (Å²) >= 11 is 0. The first-order valence-electron chi connectivity index (χ1n) is 85.9. The molecule has 6 saturated carbocycles. The van der Waals surface area contributed by atoms with Crippen molar-refractivity contribution in [1.82, 2.24) is 29.4 Å². The lowest BCUT2D eigenvalue weighted by atomic mass is 9.72. The standard InChI is InChI=1S/6C16H25NO2/c6*1-17(2)12-15(13-6-8-14(18)9-7-13)16(19)10-4-3-5-11-16/h6*6-9,15,18-19H,3-5,10-12H2,1-2H3/i1D3,2D3,3D2,4D2,5D2,6D,7D,8D,9D,10D2,11D2,12D2;1D3,3D2,4D2,5D2,6D,7D,8D,9D,10D2,11D2,12D2;1D3,2D3,3D2,4D2,5D2,6D,7D,8D,9D,10D2,11D2;3D2,4D2,5D2,6D,7D,8D,9D,10D2,11D2,12D2;1D3,3D2,4D2,5D2,6D,7D,8D,9D,10D2,11D2;3D2,4D2,5D2,6D,7D,8D,9D,10D2,11D2. The molecule has 114 heavy (non-hydrogen) atoms. The summed E-state index contributed by atoms with van der Waals surface area (Å²) in [6.07, 6.45) is -123. The molecule has 6 aliphatic rings. The van der Waals surface area contributed by atoms with Crippen LogP contribution in [0.25, 0.3) is 0 Å². The molecule has 6 fully saturated rings. The van der Waals surface area contributed by atoms with E-state index in [0.717, 1.165) is 21.1 Å². The van der Waals surface area contributed by atoms with E-state index in [9.17, 15) is 61.3 Å². The number of benzene rings is 6. The van der Waals surface area contributed by atoms with Crippen LogP contribution in [0.1, 0.15) is 408 Å². The van der Waals surface area contributed by atoms with Gasteiger partial charge in [-0.25, -0.2) is 0 Å². The topological polar surface area (TPSA) is 262 Å². The van der Waals surface area contributed by atoms with E-state index in [-0.39, 0.29) is 9.80 Å².